The van der Waals surface area contributed by atoms with E-state index in [1.165, 1.54) is 0 Å². The molecule has 0 spiro atoms. The number of carbonyl (C=O) groups is 1. The number of ether oxygens (including phenoxy) is 1. The summed E-state index contributed by atoms with van der Waals surface area (Å²) in [5.41, 5.74) is 11.9. The van der Waals surface area contributed by atoms with Crippen molar-refractivity contribution in [1.82, 2.24) is 19.6 Å². The van der Waals surface area contributed by atoms with Gasteiger partial charge in [-0.05, 0) is 65.9 Å². The van der Waals surface area contributed by atoms with E-state index >= 15 is 0 Å². The highest BCUT2D eigenvalue weighted by atomic mass is 79.9. The second-order valence-corrected chi connectivity index (χ2v) is 9.79. The number of benzene rings is 1. The van der Waals surface area contributed by atoms with Crippen LogP contribution in [0.15, 0.2) is 47.2 Å². The molecule has 3 heterocycles. The Morgan fingerprint density at radius 3 is 2.56 bits per heavy atom. The van der Waals surface area contributed by atoms with Crippen LogP contribution in [0.1, 0.15) is 42.9 Å². The first-order valence-electron chi connectivity index (χ1n) is 11.7. The third-order valence-corrected chi connectivity index (χ3v) is 7.74. The molecular formula is C26H26BrN5O4. The lowest BCUT2D eigenvalue weighted by Gasteiger charge is -2.26. The predicted octanol–water partition coefficient (Wildman–Crippen LogP) is 4.66. The standard InChI is InChI=1S/C26H26BrN5O4/c1-36-21-9-7-16(10-18(21)13-33)20-8-6-17(11-29-20)19-12-30-32-24(28)22(27)23(31-25(19)32)14-2-4-15(5-3-14)26(34)35/h6-12,14-15,33H,2-5,13,28H2,1H3,(H,34,35)/t14-,15-. The van der Waals surface area contributed by atoms with Gasteiger partial charge in [-0.25, -0.2) is 4.98 Å². The molecule has 1 saturated carbocycles. The molecule has 36 heavy (non-hydrogen) atoms. The highest BCUT2D eigenvalue weighted by Gasteiger charge is 2.30. The third-order valence-electron chi connectivity index (χ3n) is 6.93. The van der Waals surface area contributed by atoms with Crippen LogP contribution < -0.4 is 10.5 Å². The Hall–Kier alpha value is -3.50. The van der Waals surface area contributed by atoms with E-state index in [9.17, 15) is 15.0 Å². The molecule has 0 unspecified atom stereocenters. The number of hydrogen-bond donors (Lipinski definition) is 3. The molecule has 0 saturated heterocycles. The van der Waals surface area contributed by atoms with Crippen LogP contribution in [-0.4, -0.2) is 42.9 Å². The molecule has 9 nitrogen and oxygen atoms in total. The third kappa shape index (κ3) is 4.31. The number of nitrogen functional groups attached to an aromatic ring is 1. The van der Waals surface area contributed by atoms with Gasteiger partial charge in [0.05, 0.1) is 41.7 Å². The lowest BCUT2D eigenvalue weighted by Crippen LogP contribution is -2.21. The van der Waals surface area contributed by atoms with Crippen LogP contribution in [0.25, 0.3) is 28.0 Å². The van der Waals surface area contributed by atoms with Crippen LogP contribution in [0.3, 0.4) is 0 Å². The zero-order chi connectivity index (χ0) is 25.4. The van der Waals surface area contributed by atoms with Crippen molar-refractivity contribution in [2.45, 2.75) is 38.2 Å². The summed E-state index contributed by atoms with van der Waals surface area (Å²) in [5, 5.41) is 23.4. The molecule has 0 amide bonds. The highest BCUT2D eigenvalue weighted by molar-refractivity contribution is 9.10. The van der Waals surface area contributed by atoms with Crippen LogP contribution in [0.2, 0.25) is 0 Å². The number of aliphatic hydroxyl groups is 1. The fourth-order valence-electron chi connectivity index (χ4n) is 4.89. The van der Waals surface area contributed by atoms with Crippen molar-refractivity contribution in [2.75, 3.05) is 12.8 Å². The van der Waals surface area contributed by atoms with Gasteiger partial charge in [-0.3, -0.25) is 9.78 Å². The minimum atomic E-state index is -0.730. The number of aliphatic carboxylic acids is 1. The van der Waals surface area contributed by atoms with E-state index in [-0.39, 0.29) is 18.4 Å². The van der Waals surface area contributed by atoms with E-state index < -0.39 is 5.97 Å². The quantitative estimate of drug-likeness (QED) is 0.314. The maximum Gasteiger partial charge on any atom is 0.306 e. The molecule has 10 heteroatoms. The van der Waals surface area contributed by atoms with Gasteiger partial charge < -0.3 is 20.7 Å². The number of fused-ring (bicyclic) bond motifs is 1. The molecule has 0 radical (unpaired) electrons. The molecular weight excluding hydrogens is 526 g/mol. The van der Waals surface area contributed by atoms with Crippen LogP contribution in [0, 0.1) is 5.92 Å². The summed E-state index contributed by atoms with van der Waals surface area (Å²) in [6.45, 7) is -0.125. The fraction of sp³-hybridized carbons (Fsp3) is 0.308. The number of pyridine rings is 1. The van der Waals surface area contributed by atoms with Gasteiger partial charge in [0.1, 0.15) is 11.6 Å². The molecule has 1 aromatic carbocycles. The van der Waals surface area contributed by atoms with Gasteiger partial charge in [0.25, 0.3) is 0 Å². The summed E-state index contributed by atoms with van der Waals surface area (Å²) in [6, 6.07) is 9.46. The molecule has 1 aliphatic carbocycles. The van der Waals surface area contributed by atoms with Crippen molar-refractivity contribution >= 4 is 33.4 Å². The SMILES string of the molecule is COc1ccc(-c2ccc(-c3cnn4c(N)c(Br)c([C@H]5CC[C@H](C(=O)O)CC5)nc34)cn2)cc1CO. The lowest BCUT2D eigenvalue weighted by atomic mass is 9.80. The minimum absolute atomic E-state index is 0.125. The van der Waals surface area contributed by atoms with Gasteiger partial charge in [-0.2, -0.15) is 9.61 Å². The van der Waals surface area contributed by atoms with Gasteiger partial charge in [-0.15, -0.1) is 0 Å². The number of nitrogens with zero attached hydrogens (tertiary/aromatic N) is 4. The van der Waals surface area contributed by atoms with Crippen LogP contribution in [-0.2, 0) is 11.4 Å². The molecule has 3 aromatic heterocycles. The van der Waals surface area contributed by atoms with E-state index in [2.05, 4.69) is 26.0 Å². The van der Waals surface area contributed by atoms with Crippen LogP contribution in [0.5, 0.6) is 5.75 Å². The minimum Gasteiger partial charge on any atom is -0.496 e. The number of carboxylic acid groups (broad SMARTS) is 1. The second kappa shape index (κ2) is 9.87. The second-order valence-electron chi connectivity index (χ2n) is 8.99. The molecule has 0 bridgehead atoms. The van der Waals surface area contributed by atoms with Crippen LogP contribution >= 0.6 is 15.9 Å². The largest absolute Gasteiger partial charge is 0.496 e. The summed E-state index contributed by atoms with van der Waals surface area (Å²) >= 11 is 3.60. The van der Waals surface area contributed by atoms with Crippen molar-refractivity contribution in [3.05, 3.63) is 58.5 Å². The maximum atomic E-state index is 11.4. The lowest BCUT2D eigenvalue weighted by molar-refractivity contribution is -0.142. The predicted molar refractivity (Wildman–Crippen MR) is 139 cm³/mol. The highest BCUT2D eigenvalue weighted by Crippen LogP contribution is 2.40. The number of hydrogen-bond acceptors (Lipinski definition) is 7. The Kier molecular flexibility index (Phi) is 6.63. The molecule has 5 rings (SSSR count). The zero-order valence-electron chi connectivity index (χ0n) is 19.7. The monoisotopic (exact) mass is 551 g/mol. The summed E-state index contributed by atoms with van der Waals surface area (Å²) < 4.78 is 7.60. The van der Waals surface area contributed by atoms with Gasteiger partial charge in [0.15, 0.2) is 5.65 Å². The van der Waals surface area contributed by atoms with Crippen molar-refractivity contribution < 1.29 is 19.7 Å². The molecule has 1 aliphatic rings. The molecule has 4 aromatic rings. The topological polar surface area (TPSA) is 136 Å². The summed E-state index contributed by atoms with van der Waals surface area (Å²) in [6.07, 6.45) is 6.24. The Bertz CT molecular complexity index is 1430. The first-order chi connectivity index (χ1) is 17.4. The number of carboxylic acids is 1. The van der Waals surface area contributed by atoms with E-state index in [0.717, 1.165) is 40.9 Å². The fourth-order valence-corrected chi connectivity index (χ4v) is 5.47. The Labute approximate surface area is 216 Å². The zero-order valence-corrected chi connectivity index (χ0v) is 21.3. The van der Waals surface area contributed by atoms with Gasteiger partial charge in [0, 0.05) is 34.4 Å². The number of aliphatic hydroxyl groups excluding tert-OH is 1. The van der Waals surface area contributed by atoms with E-state index in [4.69, 9.17) is 15.5 Å². The average Bonchev–Trinajstić information content (AvgIpc) is 3.34. The summed E-state index contributed by atoms with van der Waals surface area (Å²) in [7, 11) is 1.57. The smallest absolute Gasteiger partial charge is 0.306 e. The molecule has 186 valence electrons. The molecule has 0 atom stereocenters. The Morgan fingerprint density at radius 1 is 1.17 bits per heavy atom. The van der Waals surface area contributed by atoms with Crippen molar-refractivity contribution in [3.63, 3.8) is 0 Å². The molecule has 0 aliphatic heterocycles. The maximum absolute atomic E-state index is 11.4. The van der Waals surface area contributed by atoms with Crippen LogP contribution in [0.4, 0.5) is 5.82 Å². The number of aromatic nitrogens is 4. The number of nitrogens with two attached hydrogens (primary N) is 1. The average molecular weight is 552 g/mol. The number of rotatable bonds is 6. The van der Waals surface area contributed by atoms with Crippen molar-refractivity contribution in [3.8, 4) is 28.1 Å². The van der Waals surface area contributed by atoms with Gasteiger partial charge in [-0.1, -0.05) is 6.07 Å². The summed E-state index contributed by atoms with van der Waals surface area (Å²) in [5.74, 6) is 0.190. The summed E-state index contributed by atoms with van der Waals surface area (Å²) in [4.78, 5) is 20.9. The number of methoxy groups -OCH3 is 1. The Balaban J connectivity index is 1.48. The van der Waals surface area contributed by atoms with E-state index in [1.807, 2.05) is 30.3 Å². The molecule has 1 fully saturated rings. The van der Waals surface area contributed by atoms with Gasteiger partial charge >= 0.3 is 5.97 Å². The number of anilines is 1. The van der Waals surface area contributed by atoms with E-state index in [0.29, 0.717) is 40.1 Å². The molecule has 4 N–H and O–H groups in total. The Morgan fingerprint density at radius 2 is 1.92 bits per heavy atom. The first kappa shape index (κ1) is 24.2. The van der Waals surface area contributed by atoms with E-state index in [1.54, 1.807) is 24.0 Å². The first-order valence-corrected chi connectivity index (χ1v) is 12.5. The van der Waals surface area contributed by atoms with Crippen molar-refractivity contribution in [2.24, 2.45) is 5.92 Å². The van der Waals surface area contributed by atoms with Gasteiger partial charge in [0.2, 0.25) is 0 Å². The van der Waals surface area contributed by atoms with Crippen molar-refractivity contribution in [1.29, 1.82) is 0 Å². The normalized spacial score (nSPS) is 17.9. The number of halogens is 1.